The molecule has 0 aliphatic carbocycles. The van der Waals surface area contributed by atoms with Gasteiger partial charge in [-0.1, -0.05) is 0 Å². The van der Waals surface area contributed by atoms with Crippen LogP contribution in [0.1, 0.15) is 16.2 Å². The third kappa shape index (κ3) is 2.55. The number of nitrogens with one attached hydrogen (secondary N) is 2. The number of nitrogen functional groups attached to an aromatic ring is 1. The Balaban J connectivity index is 2.20. The molecule has 17 heavy (non-hydrogen) atoms. The molecule has 0 aliphatic heterocycles. The van der Waals surface area contributed by atoms with Crippen LogP contribution in [0.25, 0.3) is 0 Å². The maximum absolute atomic E-state index is 11.9. The Kier molecular flexibility index (Phi) is 3.26. The molecular weight excluding hydrogens is 240 g/mol. The fraction of sp³-hybridized carbons (Fsp3) is 0.111. The van der Waals surface area contributed by atoms with Crippen LogP contribution in [0.3, 0.4) is 0 Å². The molecule has 2 aromatic rings. The molecule has 0 unspecified atom stereocenters. The van der Waals surface area contributed by atoms with Gasteiger partial charge < -0.3 is 5.43 Å². The first-order chi connectivity index (χ1) is 8.20. The molecule has 7 nitrogen and oxygen atoms in total. The summed E-state index contributed by atoms with van der Waals surface area (Å²) < 4.78 is 3.97. The van der Waals surface area contributed by atoms with Crippen molar-refractivity contribution < 1.29 is 4.79 Å². The predicted molar refractivity (Wildman–Crippen MR) is 64.6 cm³/mol. The summed E-state index contributed by atoms with van der Waals surface area (Å²) in [5, 5.41) is 3.07. The average Bonchev–Trinajstić information content (AvgIpc) is 2.74. The van der Waals surface area contributed by atoms with Gasteiger partial charge in [-0.2, -0.15) is 4.37 Å². The Bertz CT molecular complexity index is 540. The van der Waals surface area contributed by atoms with E-state index in [9.17, 15) is 4.79 Å². The lowest BCUT2D eigenvalue weighted by molar-refractivity contribution is 0.102. The molecular formula is C9H10N6OS. The number of rotatable bonds is 3. The Morgan fingerprint density at radius 3 is 3.00 bits per heavy atom. The van der Waals surface area contributed by atoms with Crippen molar-refractivity contribution in [2.45, 2.75) is 6.92 Å². The lowest BCUT2D eigenvalue weighted by Crippen LogP contribution is -2.17. The van der Waals surface area contributed by atoms with E-state index in [0.717, 1.165) is 11.5 Å². The highest BCUT2D eigenvalue weighted by Crippen LogP contribution is 2.16. The summed E-state index contributed by atoms with van der Waals surface area (Å²) in [7, 11) is 0. The number of amides is 1. The van der Waals surface area contributed by atoms with Crippen LogP contribution in [0.15, 0.2) is 18.5 Å². The van der Waals surface area contributed by atoms with Crippen molar-refractivity contribution >= 4 is 28.3 Å². The number of anilines is 2. The number of carbonyl (C=O) groups is 1. The minimum absolute atomic E-state index is 0.331. The molecule has 2 heterocycles. The van der Waals surface area contributed by atoms with E-state index in [1.807, 2.05) is 0 Å². The van der Waals surface area contributed by atoms with Crippen LogP contribution in [0, 0.1) is 6.92 Å². The van der Waals surface area contributed by atoms with Gasteiger partial charge in [-0.05, 0) is 13.0 Å². The topological polar surface area (TPSA) is 106 Å². The molecule has 0 spiro atoms. The van der Waals surface area contributed by atoms with Crippen LogP contribution in [-0.2, 0) is 0 Å². The molecule has 0 saturated carbocycles. The van der Waals surface area contributed by atoms with E-state index >= 15 is 0 Å². The number of hydrogen-bond acceptors (Lipinski definition) is 7. The van der Waals surface area contributed by atoms with Crippen molar-refractivity contribution in [2.24, 2.45) is 5.84 Å². The maximum Gasteiger partial charge on any atom is 0.261 e. The highest BCUT2D eigenvalue weighted by atomic mass is 32.1. The van der Waals surface area contributed by atoms with E-state index < -0.39 is 0 Å². The molecule has 0 radical (unpaired) electrons. The zero-order valence-corrected chi connectivity index (χ0v) is 9.78. The van der Waals surface area contributed by atoms with Crippen LogP contribution in [0.2, 0.25) is 0 Å². The summed E-state index contributed by atoms with van der Waals surface area (Å²) in [6.07, 6.45) is 2.97. The van der Waals surface area contributed by atoms with Crippen LogP contribution >= 0.6 is 11.5 Å². The zero-order chi connectivity index (χ0) is 12.3. The highest BCUT2D eigenvalue weighted by molar-refractivity contribution is 7.09. The van der Waals surface area contributed by atoms with Crippen molar-refractivity contribution in [1.29, 1.82) is 0 Å². The van der Waals surface area contributed by atoms with Gasteiger partial charge in [-0.15, -0.1) is 0 Å². The number of aryl methyl sites for hydroxylation is 1. The highest BCUT2D eigenvalue weighted by Gasteiger charge is 2.12. The fourth-order valence-corrected chi connectivity index (χ4v) is 1.78. The third-order valence-electron chi connectivity index (χ3n) is 1.97. The van der Waals surface area contributed by atoms with E-state index in [1.165, 1.54) is 6.20 Å². The largest absolute Gasteiger partial charge is 0.323 e. The summed E-state index contributed by atoms with van der Waals surface area (Å²) in [6.45, 7) is 1.75. The third-order valence-corrected chi connectivity index (χ3v) is 2.69. The van der Waals surface area contributed by atoms with Crippen molar-refractivity contribution in [1.82, 2.24) is 14.3 Å². The number of nitrogens with zero attached hydrogens (tertiary/aromatic N) is 3. The molecule has 0 saturated heterocycles. The van der Waals surface area contributed by atoms with Gasteiger partial charge in [0, 0.05) is 23.9 Å². The monoisotopic (exact) mass is 250 g/mol. The maximum atomic E-state index is 11.9. The van der Waals surface area contributed by atoms with Crippen LogP contribution in [0.5, 0.6) is 0 Å². The molecule has 8 heteroatoms. The van der Waals surface area contributed by atoms with E-state index in [2.05, 4.69) is 25.1 Å². The van der Waals surface area contributed by atoms with Gasteiger partial charge in [0.05, 0.1) is 11.3 Å². The first-order valence-electron chi connectivity index (χ1n) is 4.73. The van der Waals surface area contributed by atoms with Crippen LogP contribution < -0.4 is 16.6 Å². The summed E-state index contributed by atoms with van der Waals surface area (Å²) >= 11 is 1.12. The molecule has 0 fully saturated rings. The Morgan fingerprint density at radius 2 is 2.35 bits per heavy atom. The van der Waals surface area contributed by atoms with Crippen LogP contribution in [0.4, 0.5) is 10.8 Å². The zero-order valence-electron chi connectivity index (χ0n) is 8.97. The lowest BCUT2D eigenvalue weighted by atomic mass is 10.2. The molecule has 0 bridgehead atoms. The Morgan fingerprint density at radius 1 is 1.53 bits per heavy atom. The number of pyridine rings is 1. The van der Waals surface area contributed by atoms with E-state index in [4.69, 9.17) is 5.84 Å². The minimum atomic E-state index is -0.331. The number of carbonyl (C=O) groups excluding carboxylic acids is 1. The van der Waals surface area contributed by atoms with Gasteiger partial charge in [0.2, 0.25) is 5.13 Å². The molecule has 2 rings (SSSR count). The number of aromatic nitrogens is 3. The van der Waals surface area contributed by atoms with E-state index in [0.29, 0.717) is 22.2 Å². The Hall–Kier alpha value is -2.06. The van der Waals surface area contributed by atoms with E-state index in [1.54, 1.807) is 19.2 Å². The Labute approximate surface area is 101 Å². The number of nitrogens with two attached hydrogens (primary N) is 1. The first-order valence-corrected chi connectivity index (χ1v) is 5.50. The second kappa shape index (κ2) is 4.85. The average molecular weight is 250 g/mol. The standard InChI is InChI=1S/C9H10N6OS/c1-5-12-9(17-15-5)13-8(16)6-4-11-3-2-7(6)14-10/h2-4H,10H2,1H3,(H,11,14)(H,12,13,15,16). The van der Waals surface area contributed by atoms with Gasteiger partial charge in [0.15, 0.2) is 0 Å². The number of hydrazine groups is 1. The molecule has 0 aliphatic rings. The second-order valence-corrected chi connectivity index (χ2v) is 3.92. The lowest BCUT2D eigenvalue weighted by Gasteiger charge is -2.06. The smallest absolute Gasteiger partial charge is 0.261 e. The quantitative estimate of drug-likeness (QED) is 0.549. The second-order valence-electron chi connectivity index (χ2n) is 3.17. The SMILES string of the molecule is Cc1nsc(NC(=O)c2cnccc2NN)n1. The molecule has 0 aromatic carbocycles. The van der Waals surface area contributed by atoms with Crippen molar-refractivity contribution in [3.63, 3.8) is 0 Å². The van der Waals surface area contributed by atoms with Crippen molar-refractivity contribution in [3.8, 4) is 0 Å². The molecule has 88 valence electrons. The fourth-order valence-electron chi connectivity index (χ4n) is 1.21. The molecule has 2 aromatic heterocycles. The summed E-state index contributed by atoms with van der Waals surface area (Å²) in [5.41, 5.74) is 3.28. The summed E-state index contributed by atoms with van der Waals surface area (Å²) in [6, 6.07) is 1.61. The van der Waals surface area contributed by atoms with Crippen LogP contribution in [-0.4, -0.2) is 20.2 Å². The van der Waals surface area contributed by atoms with Gasteiger partial charge in [0.1, 0.15) is 5.82 Å². The summed E-state index contributed by atoms with van der Waals surface area (Å²) in [5.74, 6) is 5.59. The number of hydrogen-bond donors (Lipinski definition) is 3. The predicted octanol–water partition coefficient (Wildman–Crippen LogP) is 0.779. The van der Waals surface area contributed by atoms with E-state index in [-0.39, 0.29) is 5.91 Å². The normalized spacial score (nSPS) is 10.0. The van der Waals surface area contributed by atoms with Gasteiger partial charge >= 0.3 is 0 Å². The van der Waals surface area contributed by atoms with Crippen molar-refractivity contribution in [3.05, 3.63) is 29.8 Å². The van der Waals surface area contributed by atoms with Crippen molar-refractivity contribution in [2.75, 3.05) is 10.7 Å². The molecule has 1 amide bonds. The van der Waals surface area contributed by atoms with Gasteiger partial charge in [-0.3, -0.25) is 20.9 Å². The molecule has 0 atom stereocenters. The molecule has 4 N–H and O–H groups in total. The minimum Gasteiger partial charge on any atom is -0.323 e. The first kappa shape index (κ1) is 11.4. The van der Waals surface area contributed by atoms with Gasteiger partial charge in [-0.25, -0.2) is 4.98 Å². The summed E-state index contributed by atoms with van der Waals surface area (Å²) in [4.78, 5) is 19.8. The van der Waals surface area contributed by atoms with Gasteiger partial charge in [0.25, 0.3) is 5.91 Å².